The number of carboxylic acid groups (broad SMARTS) is 1. The molecule has 0 amide bonds. The molecule has 0 bridgehead atoms. The summed E-state index contributed by atoms with van der Waals surface area (Å²) in [5, 5.41) is 9.52. The van der Waals surface area contributed by atoms with Crippen LogP contribution in [0.3, 0.4) is 0 Å². The van der Waals surface area contributed by atoms with Gasteiger partial charge in [0.25, 0.3) is 0 Å². The molecule has 1 N–H and O–H groups in total. The number of hydrogen-bond acceptors (Lipinski definition) is 5. The molecule has 1 aromatic rings. The first kappa shape index (κ1) is 17.1. The summed E-state index contributed by atoms with van der Waals surface area (Å²) in [6.45, 7) is 6.31. The van der Waals surface area contributed by atoms with Gasteiger partial charge in [-0.15, -0.1) is 17.8 Å². The number of carboxylic acids is 1. The number of carbonyl (C=O) groups is 2. The number of carbonyl (C=O) groups excluding carboxylic acids is 1. The molecule has 114 valence electrons. The van der Waals surface area contributed by atoms with E-state index < -0.39 is 11.9 Å². The van der Waals surface area contributed by atoms with Gasteiger partial charge in [0.2, 0.25) is 0 Å². The van der Waals surface area contributed by atoms with Crippen molar-refractivity contribution in [3.63, 3.8) is 0 Å². The Morgan fingerprint density at radius 3 is 2.62 bits per heavy atom. The lowest BCUT2D eigenvalue weighted by molar-refractivity contribution is -0.136. The number of aryl methyl sites for hydroxylation is 1. The van der Waals surface area contributed by atoms with Crippen LogP contribution < -0.4 is 4.90 Å². The summed E-state index contributed by atoms with van der Waals surface area (Å²) in [5.41, 5.74) is 1.34. The van der Waals surface area contributed by atoms with Gasteiger partial charge in [0.05, 0.1) is 25.1 Å². The predicted molar refractivity (Wildman–Crippen MR) is 83.0 cm³/mol. The molecule has 0 radical (unpaired) electrons. The van der Waals surface area contributed by atoms with Crippen molar-refractivity contribution in [2.45, 2.75) is 27.2 Å². The third-order valence-corrected chi connectivity index (χ3v) is 4.28. The molecule has 6 heteroatoms. The lowest BCUT2D eigenvalue weighted by atomic mass is 10.1. The molecule has 5 nitrogen and oxygen atoms in total. The van der Waals surface area contributed by atoms with E-state index >= 15 is 0 Å². The average molecular weight is 309 g/mol. The van der Waals surface area contributed by atoms with Crippen LogP contribution in [0.25, 0.3) is 0 Å². The van der Waals surface area contributed by atoms with E-state index in [-0.39, 0.29) is 26.1 Å². The minimum Gasteiger partial charge on any atom is -0.481 e. The van der Waals surface area contributed by atoms with Crippen molar-refractivity contribution in [1.29, 1.82) is 0 Å². The van der Waals surface area contributed by atoms with Crippen LogP contribution in [-0.4, -0.2) is 36.7 Å². The number of hydrogen-bond donors (Lipinski definition) is 1. The summed E-state index contributed by atoms with van der Waals surface area (Å²) in [6.07, 6.45) is 5.31. The van der Waals surface area contributed by atoms with E-state index in [0.29, 0.717) is 10.6 Å². The molecule has 0 aliphatic rings. The van der Waals surface area contributed by atoms with E-state index in [2.05, 4.69) is 5.92 Å². The molecule has 0 saturated carbocycles. The van der Waals surface area contributed by atoms with Crippen LogP contribution in [0, 0.1) is 26.2 Å². The second-order valence-electron chi connectivity index (χ2n) is 4.45. The van der Waals surface area contributed by atoms with Gasteiger partial charge in [0.15, 0.2) is 0 Å². The Bertz CT molecular complexity index is 571. The summed E-state index contributed by atoms with van der Waals surface area (Å²) in [4.78, 5) is 25.6. The van der Waals surface area contributed by atoms with Gasteiger partial charge < -0.3 is 14.7 Å². The fraction of sp³-hybridized carbons (Fsp3) is 0.467. The highest BCUT2D eigenvalue weighted by Gasteiger charge is 2.24. The number of aliphatic carboxylic acids is 1. The van der Waals surface area contributed by atoms with E-state index in [1.54, 1.807) is 11.8 Å². The van der Waals surface area contributed by atoms with Gasteiger partial charge in [-0.1, -0.05) is 5.92 Å². The predicted octanol–water partition coefficient (Wildman–Crippen LogP) is 2.46. The van der Waals surface area contributed by atoms with Crippen molar-refractivity contribution >= 4 is 28.3 Å². The molecule has 0 spiro atoms. The normalized spacial score (nSPS) is 10.0. The second kappa shape index (κ2) is 7.70. The minimum absolute atomic E-state index is 0.0417. The van der Waals surface area contributed by atoms with Crippen LogP contribution in [0.15, 0.2) is 0 Å². The average Bonchev–Trinajstić information content (AvgIpc) is 2.71. The number of anilines is 1. The molecule has 0 aliphatic heterocycles. The third kappa shape index (κ3) is 4.23. The number of rotatable bonds is 7. The summed E-state index contributed by atoms with van der Waals surface area (Å²) in [7, 11) is 0. The number of nitrogens with zero attached hydrogens (tertiary/aromatic N) is 1. The van der Waals surface area contributed by atoms with Crippen LogP contribution in [0.4, 0.5) is 5.00 Å². The van der Waals surface area contributed by atoms with Crippen LogP contribution in [0.2, 0.25) is 0 Å². The smallest absolute Gasteiger partial charge is 0.341 e. The van der Waals surface area contributed by atoms with Crippen LogP contribution in [0.5, 0.6) is 0 Å². The van der Waals surface area contributed by atoms with Gasteiger partial charge >= 0.3 is 11.9 Å². The van der Waals surface area contributed by atoms with Gasteiger partial charge in [0, 0.05) is 11.4 Å². The molecule has 1 rings (SSSR count). The maximum absolute atomic E-state index is 12.1. The first-order valence-electron chi connectivity index (χ1n) is 6.59. The van der Waals surface area contributed by atoms with Crippen LogP contribution in [-0.2, 0) is 9.53 Å². The van der Waals surface area contributed by atoms with Gasteiger partial charge in [-0.2, -0.15) is 0 Å². The molecule has 0 saturated heterocycles. The first-order valence-corrected chi connectivity index (χ1v) is 7.41. The number of esters is 1. The van der Waals surface area contributed by atoms with Gasteiger partial charge in [0.1, 0.15) is 5.00 Å². The van der Waals surface area contributed by atoms with Crippen molar-refractivity contribution < 1.29 is 19.4 Å². The van der Waals surface area contributed by atoms with E-state index in [4.69, 9.17) is 16.3 Å². The zero-order valence-electron chi connectivity index (χ0n) is 12.4. The molecule has 1 heterocycles. The van der Waals surface area contributed by atoms with E-state index in [9.17, 15) is 9.59 Å². The Labute approximate surface area is 128 Å². The Kier molecular flexibility index (Phi) is 6.25. The molecule has 0 atom stereocenters. The Morgan fingerprint density at radius 1 is 1.43 bits per heavy atom. The zero-order chi connectivity index (χ0) is 16.0. The topological polar surface area (TPSA) is 66.8 Å². The number of ether oxygens (including phenoxy) is 1. The summed E-state index contributed by atoms with van der Waals surface area (Å²) in [5.74, 6) is 1.20. The van der Waals surface area contributed by atoms with Crippen LogP contribution in [0.1, 0.15) is 34.1 Å². The van der Waals surface area contributed by atoms with E-state index in [1.807, 2.05) is 13.8 Å². The number of thiophene rings is 1. The molecule has 0 fully saturated rings. The third-order valence-electron chi connectivity index (χ3n) is 3.01. The Balaban J connectivity index is 3.18. The van der Waals surface area contributed by atoms with E-state index in [0.717, 1.165) is 10.4 Å². The standard InChI is InChI=1S/C15H19NO4S/c1-5-8-16(9-7-12(17)18)14-13(15(19)20-6-2)10(3)11(4)21-14/h1H,6-9H2,2-4H3,(H,17,18). The quantitative estimate of drug-likeness (QED) is 0.619. The number of terminal acetylenes is 1. The van der Waals surface area contributed by atoms with Crippen LogP contribution >= 0.6 is 11.3 Å². The largest absolute Gasteiger partial charge is 0.481 e. The van der Waals surface area contributed by atoms with Crippen molar-refractivity contribution in [2.24, 2.45) is 0 Å². The summed E-state index contributed by atoms with van der Waals surface area (Å²) < 4.78 is 5.09. The second-order valence-corrected chi connectivity index (χ2v) is 5.66. The lowest BCUT2D eigenvalue weighted by Gasteiger charge is -2.21. The van der Waals surface area contributed by atoms with Gasteiger partial charge in [-0.05, 0) is 26.3 Å². The fourth-order valence-corrected chi connectivity index (χ4v) is 3.04. The maximum atomic E-state index is 12.1. The maximum Gasteiger partial charge on any atom is 0.341 e. The van der Waals surface area contributed by atoms with Crippen molar-refractivity contribution in [2.75, 3.05) is 24.6 Å². The minimum atomic E-state index is -0.903. The highest BCUT2D eigenvalue weighted by Crippen LogP contribution is 2.36. The van der Waals surface area contributed by atoms with E-state index in [1.165, 1.54) is 11.3 Å². The van der Waals surface area contributed by atoms with Gasteiger partial charge in [-0.3, -0.25) is 4.79 Å². The molecule has 0 aliphatic carbocycles. The Morgan fingerprint density at radius 2 is 2.10 bits per heavy atom. The molecular weight excluding hydrogens is 290 g/mol. The lowest BCUT2D eigenvalue weighted by Crippen LogP contribution is -2.27. The monoisotopic (exact) mass is 309 g/mol. The summed E-state index contributed by atoms with van der Waals surface area (Å²) >= 11 is 1.43. The molecule has 0 aromatic carbocycles. The van der Waals surface area contributed by atoms with Crippen molar-refractivity contribution in [3.05, 3.63) is 16.0 Å². The molecular formula is C15H19NO4S. The molecule has 0 unspecified atom stereocenters. The van der Waals surface area contributed by atoms with Crippen molar-refractivity contribution in [1.82, 2.24) is 0 Å². The highest BCUT2D eigenvalue weighted by molar-refractivity contribution is 7.16. The molecule has 1 aromatic heterocycles. The SMILES string of the molecule is C#CCN(CCC(=O)O)c1sc(C)c(C)c1C(=O)OCC. The summed E-state index contributed by atoms with van der Waals surface area (Å²) in [6, 6.07) is 0. The fourth-order valence-electron chi connectivity index (χ4n) is 1.87. The van der Waals surface area contributed by atoms with Gasteiger partial charge in [-0.25, -0.2) is 4.79 Å². The van der Waals surface area contributed by atoms with Crippen molar-refractivity contribution in [3.8, 4) is 12.3 Å². The zero-order valence-corrected chi connectivity index (χ0v) is 13.2. The first-order chi connectivity index (χ1) is 9.92. The molecule has 21 heavy (non-hydrogen) atoms. The Hall–Kier alpha value is -2.00. The highest BCUT2D eigenvalue weighted by atomic mass is 32.1.